The van der Waals surface area contributed by atoms with Crippen molar-refractivity contribution < 1.29 is 0 Å². The van der Waals surface area contributed by atoms with Crippen LogP contribution in [0.25, 0.3) is 39.4 Å². The number of rotatable bonds is 5. The van der Waals surface area contributed by atoms with E-state index in [-0.39, 0.29) is 0 Å². The number of benzene rings is 2. The van der Waals surface area contributed by atoms with Crippen LogP contribution in [-0.2, 0) is 6.54 Å². The summed E-state index contributed by atoms with van der Waals surface area (Å²) in [7, 11) is 0. The van der Waals surface area contributed by atoms with Crippen LogP contribution in [0.15, 0.2) is 85.2 Å². The Morgan fingerprint density at radius 3 is 2.39 bits per heavy atom. The topological polar surface area (TPSA) is 98.9 Å². The van der Waals surface area contributed by atoms with E-state index in [1.54, 1.807) is 6.20 Å². The van der Waals surface area contributed by atoms with E-state index in [9.17, 15) is 0 Å². The molecule has 3 aromatic heterocycles. The van der Waals surface area contributed by atoms with E-state index in [2.05, 4.69) is 56.9 Å². The summed E-state index contributed by atoms with van der Waals surface area (Å²) >= 11 is 0. The second-order valence-corrected chi connectivity index (χ2v) is 9.42. The number of imidazole rings is 1. The van der Waals surface area contributed by atoms with Crippen molar-refractivity contribution in [2.24, 2.45) is 5.73 Å². The van der Waals surface area contributed by atoms with Crippen LogP contribution in [0.3, 0.4) is 0 Å². The minimum absolute atomic E-state index is 0.339. The predicted molar refractivity (Wildman–Crippen MR) is 144 cm³/mol. The van der Waals surface area contributed by atoms with Gasteiger partial charge in [-0.15, -0.1) is 0 Å². The average molecular weight is 476 g/mol. The molecule has 36 heavy (non-hydrogen) atoms. The number of hydrogen-bond donors (Lipinski definition) is 2. The van der Waals surface area contributed by atoms with Crippen molar-refractivity contribution in [2.45, 2.75) is 25.4 Å². The largest absolute Gasteiger partial charge is 0.383 e. The molecule has 180 valence electrons. The lowest BCUT2D eigenvalue weighted by Crippen LogP contribution is -2.39. The lowest BCUT2D eigenvalue weighted by atomic mass is 10.1. The second-order valence-electron chi connectivity index (χ2n) is 9.42. The molecule has 0 spiro atoms. The molecule has 0 radical (unpaired) electrons. The zero-order valence-corrected chi connectivity index (χ0v) is 20.1. The van der Waals surface area contributed by atoms with E-state index in [1.165, 1.54) is 5.56 Å². The molecule has 0 amide bonds. The number of pyridine rings is 2. The molecule has 4 N–H and O–H groups in total. The molecule has 2 aromatic carbocycles. The third kappa shape index (κ3) is 4.34. The van der Waals surface area contributed by atoms with Gasteiger partial charge in [-0.25, -0.2) is 15.0 Å². The van der Waals surface area contributed by atoms with Crippen LogP contribution in [0.4, 0.5) is 5.82 Å². The Kier molecular flexibility index (Phi) is 5.93. The first-order valence-electron chi connectivity index (χ1n) is 12.4. The number of hydrogen-bond acceptors (Lipinski definition) is 6. The summed E-state index contributed by atoms with van der Waals surface area (Å²) in [6.45, 7) is 3.03. The molecule has 4 heterocycles. The van der Waals surface area contributed by atoms with Gasteiger partial charge in [0.15, 0.2) is 11.5 Å². The first kappa shape index (κ1) is 22.4. The van der Waals surface area contributed by atoms with Crippen molar-refractivity contribution in [1.82, 2.24) is 24.4 Å². The van der Waals surface area contributed by atoms with E-state index in [4.69, 9.17) is 21.4 Å². The Hall–Kier alpha value is -4.07. The van der Waals surface area contributed by atoms with E-state index in [1.807, 2.05) is 36.5 Å². The van der Waals surface area contributed by atoms with E-state index < -0.39 is 0 Å². The normalized spacial score (nSPS) is 14.9. The highest BCUT2D eigenvalue weighted by Gasteiger charge is 2.19. The van der Waals surface area contributed by atoms with Gasteiger partial charge in [-0.3, -0.25) is 9.47 Å². The van der Waals surface area contributed by atoms with Crippen LogP contribution in [0.1, 0.15) is 18.4 Å². The molecule has 0 atom stereocenters. The molecule has 6 rings (SSSR count). The third-order valence-electron chi connectivity index (χ3n) is 6.92. The summed E-state index contributed by atoms with van der Waals surface area (Å²) in [6, 6.07) is 25.1. The fraction of sp³-hybridized carbons (Fsp3) is 0.207. The molecule has 0 unspecified atom stereocenters. The number of nitrogen functional groups attached to an aromatic ring is 1. The number of likely N-dealkylation sites (tertiary alicyclic amines) is 1. The lowest BCUT2D eigenvalue weighted by molar-refractivity contribution is 0.205. The van der Waals surface area contributed by atoms with Crippen LogP contribution in [-0.4, -0.2) is 43.6 Å². The van der Waals surface area contributed by atoms with Gasteiger partial charge in [-0.2, -0.15) is 0 Å². The smallest absolute Gasteiger partial charge is 0.164 e. The molecule has 0 aliphatic carbocycles. The van der Waals surface area contributed by atoms with Crippen LogP contribution >= 0.6 is 0 Å². The Morgan fingerprint density at radius 1 is 0.861 bits per heavy atom. The lowest BCUT2D eigenvalue weighted by Gasteiger charge is -2.30. The van der Waals surface area contributed by atoms with Crippen molar-refractivity contribution >= 4 is 17.0 Å². The van der Waals surface area contributed by atoms with Crippen LogP contribution in [0.2, 0.25) is 0 Å². The summed E-state index contributed by atoms with van der Waals surface area (Å²) in [5.41, 5.74) is 19.1. The molecule has 5 aromatic rings. The number of nitrogens with zero attached hydrogens (tertiary/aromatic N) is 5. The molecule has 1 saturated heterocycles. The van der Waals surface area contributed by atoms with Gasteiger partial charge >= 0.3 is 0 Å². The van der Waals surface area contributed by atoms with Crippen molar-refractivity contribution in [1.29, 1.82) is 0 Å². The van der Waals surface area contributed by atoms with Gasteiger partial charge in [0.05, 0.1) is 5.56 Å². The number of piperidine rings is 1. The maximum absolute atomic E-state index is 6.28. The molecule has 0 bridgehead atoms. The monoisotopic (exact) mass is 475 g/mol. The summed E-state index contributed by atoms with van der Waals surface area (Å²) in [4.78, 5) is 16.6. The van der Waals surface area contributed by atoms with Gasteiger partial charge in [0, 0.05) is 36.2 Å². The molecule has 0 saturated carbocycles. The molecular formula is C29H29N7. The standard InChI is InChI=1S/C29H29N7/c30-23-12-15-35(16-13-23)19-20-8-10-24(11-9-20)36-28(25-7-4-14-32-27(25)31)34-26-17-22(18-33-29(26)36)21-5-2-1-3-6-21/h1-11,14,17-18,23H,12-13,15-16,19,30H2,(H2,31,32). The van der Waals surface area contributed by atoms with Crippen LogP contribution in [0, 0.1) is 0 Å². The summed E-state index contributed by atoms with van der Waals surface area (Å²) in [6.07, 6.45) is 5.72. The van der Waals surface area contributed by atoms with Crippen molar-refractivity contribution in [3.8, 4) is 28.2 Å². The van der Waals surface area contributed by atoms with E-state index >= 15 is 0 Å². The summed E-state index contributed by atoms with van der Waals surface area (Å²) in [5, 5.41) is 0. The first-order chi connectivity index (χ1) is 17.7. The van der Waals surface area contributed by atoms with Gasteiger partial charge in [-0.05, 0) is 67.4 Å². The van der Waals surface area contributed by atoms with Gasteiger partial charge in [-0.1, -0.05) is 42.5 Å². The van der Waals surface area contributed by atoms with Crippen molar-refractivity contribution in [3.63, 3.8) is 0 Å². The maximum Gasteiger partial charge on any atom is 0.164 e. The number of aromatic nitrogens is 4. The minimum Gasteiger partial charge on any atom is -0.383 e. The molecule has 1 aliphatic rings. The molecular weight excluding hydrogens is 446 g/mol. The second kappa shape index (κ2) is 9.53. The Morgan fingerprint density at radius 2 is 1.64 bits per heavy atom. The highest BCUT2D eigenvalue weighted by atomic mass is 15.1. The Bertz CT molecular complexity index is 1480. The summed E-state index contributed by atoms with van der Waals surface area (Å²) < 4.78 is 2.07. The van der Waals surface area contributed by atoms with E-state index in [0.29, 0.717) is 11.9 Å². The van der Waals surface area contributed by atoms with Gasteiger partial charge in [0.25, 0.3) is 0 Å². The highest BCUT2D eigenvalue weighted by Crippen LogP contribution is 2.32. The average Bonchev–Trinajstić information content (AvgIpc) is 3.30. The zero-order chi connectivity index (χ0) is 24.5. The third-order valence-corrected chi connectivity index (χ3v) is 6.92. The number of fused-ring (bicyclic) bond motifs is 1. The fourth-order valence-electron chi connectivity index (χ4n) is 4.90. The molecule has 1 fully saturated rings. The fourth-order valence-corrected chi connectivity index (χ4v) is 4.90. The molecule has 1 aliphatic heterocycles. The number of anilines is 1. The number of nitrogens with two attached hydrogens (primary N) is 2. The SMILES string of the molecule is Nc1ncccc1-c1nc2cc(-c3ccccc3)cnc2n1-c1ccc(CN2CCC(N)CC2)cc1. The van der Waals surface area contributed by atoms with E-state index in [0.717, 1.165) is 71.8 Å². The summed E-state index contributed by atoms with van der Waals surface area (Å²) in [5.74, 6) is 1.17. The Labute approximate surface area is 210 Å². The van der Waals surface area contributed by atoms with Crippen LogP contribution in [0.5, 0.6) is 0 Å². The Balaban J connectivity index is 1.41. The quantitative estimate of drug-likeness (QED) is 0.384. The van der Waals surface area contributed by atoms with Gasteiger partial charge in [0.2, 0.25) is 0 Å². The predicted octanol–water partition coefficient (Wildman–Crippen LogP) is 4.65. The maximum atomic E-state index is 6.28. The first-order valence-corrected chi connectivity index (χ1v) is 12.4. The zero-order valence-electron chi connectivity index (χ0n) is 20.1. The molecule has 7 nitrogen and oxygen atoms in total. The van der Waals surface area contributed by atoms with Crippen molar-refractivity contribution in [3.05, 3.63) is 90.8 Å². The van der Waals surface area contributed by atoms with Gasteiger partial charge in [0.1, 0.15) is 11.3 Å². The van der Waals surface area contributed by atoms with Crippen LogP contribution < -0.4 is 11.5 Å². The van der Waals surface area contributed by atoms with Crippen molar-refractivity contribution in [2.75, 3.05) is 18.8 Å². The highest BCUT2D eigenvalue weighted by molar-refractivity contribution is 5.85. The molecule has 7 heteroatoms. The minimum atomic E-state index is 0.339. The van der Waals surface area contributed by atoms with Gasteiger partial charge < -0.3 is 11.5 Å².